The van der Waals surface area contributed by atoms with Gasteiger partial charge in [0.15, 0.2) is 5.78 Å². The van der Waals surface area contributed by atoms with Crippen LogP contribution in [0.1, 0.15) is 77.6 Å². The van der Waals surface area contributed by atoms with Gasteiger partial charge in [0.1, 0.15) is 5.60 Å². The number of hydrogen-bond acceptors (Lipinski definition) is 2. The van der Waals surface area contributed by atoms with Gasteiger partial charge < -0.3 is 4.74 Å². The van der Waals surface area contributed by atoms with Crippen LogP contribution < -0.4 is 0 Å². The third-order valence-corrected chi connectivity index (χ3v) is 4.58. The number of hydrogen-bond donors (Lipinski definition) is 0. The average molecular weight is 264 g/mol. The van der Waals surface area contributed by atoms with Crippen LogP contribution >= 0.6 is 0 Å². The van der Waals surface area contributed by atoms with Gasteiger partial charge in [-0.25, -0.2) is 0 Å². The molecule has 0 amide bonds. The predicted molar refractivity (Wildman–Crippen MR) is 78.2 cm³/mol. The van der Waals surface area contributed by atoms with Crippen LogP contribution in [0.2, 0.25) is 0 Å². The van der Waals surface area contributed by atoms with E-state index in [-0.39, 0.29) is 0 Å². The van der Waals surface area contributed by atoms with Crippen molar-refractivity contribution in [3.8, 4) is 0 Å². The zero-order valence-corrected chi connectivity index (χ0v) is 12.4. The first-order valence-electron chi connectivity index (χ1n) is 8.16. The molecule has 1 saturated carbocycles. The molecule has 2 aliphatic rings. The largest absolute Gasteiger partial charge is 0.367 e. The summed E-state index contributed by atoms with van der Waals surface area (Å²) in [6, 6.07) is 0. The van der Waals surface area contributed by atoms with E-state index in [9.17, 15) is 4.79 Å². The van der Waals surface area contributed by atoms with Crippen molar-refractivity contribution < 1.29 is 9.53 Å². The van der Waals surface area contributed by atoms with Crippen molar-refractivity contribution in [3.05, 3.63) is 11.6 Å². The number of ketones is 1. The van der Waals surface area contributed by atoms with Crippen molar-refractivity contribution in [2.24, 2.45) is 0 Å². The highest BCUT2D eigenvalue weighted by atomic mass is 16.5. The summed E-state index contributed by atoms with van der Waals surface area (Å²) in [5.74, 6) is 0.318. The van der Waals surface area contributed by atoms with E-state index in [0.29, 0.717) is 12.4 Å². The zero-order valence-electron chi connectivity index (χ0n) is 12.4. The van der Waals surface area contributed by atoms with Gasteiger partial charge in [-0.15, -0.1) is 0 Å². The number of ether oxygens (including phenoxy) is 1. The molecule has 0 saturated heterocycles. The van der Waals surface area contributed by atoms with Crippen LogP contribution in [-0.4, -0.2) is 18.0 Å². The molecule has 19 heavy (non-hydrogen) atoms. The van der Waals surface area contributed by atoms with Crippen LogP contribution in [0.5, 0.6) is 0 Å². The molecular weight excluding hydrogens is 236 g/mol. The summed E-state index contributed by atoms with van der Waals surface area (Å²) in [7, 11) is 0. The van der Waals surface area contributed by atoms with E-state index in [1.165, 1.54) is 32.1 Å². The van der Waals surface area contributed by atoms with Crippen molar-refractivity contribution in [1.82, 2.24) is 0 Å². The van der Waals surface area contributed by atoms with Crippen molar-refractivity contribution in [2.45, 2.75) is 83.2 Å². The highest BCUT2D eigenvalue weighted by Crippen LogP contribution is 2.35. The Balaban J connectivity index is 2.16. The SMILES string of the molecule is CCOC1(C(=O)C2=CCCCCC2)CCCCCC1. The minimum atomic E-state index is -0.485. The molecule has 2 aliphatic carbocycles. The fourth-order valence-electron chi connectivity index (χ4n) is 3.53. The zero-order chi connectivity index (χ0) is 13.6. The van der Waals surface area contributed by atoms with Crippen LogP contribution in [0, 0.1) is 0 Å². The van der Waals surface area contributed by atoms with Gasteiger partial charge in [-0.2, -0.15) is 0 Å². The predicted octanol–water partition coefficient (Wildman–Crippen LogP) is 4.58. The van der Waals surface area contributed by atoms with E-state index in [1.54, 1.807) is 0 Å². The normalized spacial score (nSPS) is 24.2. The average Bonchev–Trinajstić information content (AvgIpc) is 2.81. The second kappa shape index (κ2) is 7.23. The number of carbonyl (C=O) groups excluding carboxylic acids is 1. The molecule has 0 aromatic carbocycles. The van der Waals surface area contributed by atoms with E-state index >= 15 is 0 Å². The summed E-state index contributed by atoms with van der Waals surface area (Å²) in [6.07, 6.45) is 14.5. The Bertz CT molecular complexity index is 322. The van der Waals surface area contributed by atoms with E-state index in [0.717, 1.165) is 44.1 Å². The first-order valence-corrected chi connectivity index (χ1v) is 8.16. The minimum absolute atomic E-state index is 0.318. The summed E-state index contributed by atoms with van der Waals surface area (Å²) in [6.45, 7) is 2.67. The maximum Gasteiger partial charge on any atom is 0.190 e. The maximum atomic E-state index is 13.0. The lowest BCUT2D eigenvalue weighted by atomic mass is 9.84. The van der Waals surface area contributed by atoms with Crippen molar-refractivity contribution in [2.75, 3.05) is 6.61 Å². The molecule has 0 radical (unpaired) electrons. The molecule has 2 nitrogen and oxygen atoms in total. The third kappa shape index (κ3) is 3.68. The van der Waals surface area contributed by atoms with E-state index in [2.05, 4.69) is 6.08 Å². The fraction of sp³-hybridized carbons (Fsp3) is 0.824. The Morgan fingerprint density at radius 3 is 2.47 bits per heavy atom. The highest BCUT2D eigenvalue weighted by Gasteiger charge is 2.40. The second-order valence-corrected chi connectivity index (χ2v) is 6.00. The fourth-order valence-corrected chi connectivity index (χ4v) is 3.53. The van der Waals surface area contributed by atoms with Crippen molar-refractivity contribution in [1.29, 1.82) is 0 Å². The maximum absolute atomic E-state index is 13.0. The summed E-state index contributed by atoms with van der Waals surface area (Å²) in [5, 5.41) is 0. The minimum Gasteiger partial charge on any atom is -0.367 e. The molecule has 0 bridgehead atoms. The number of allylic oxidation sites excluding steroid dienone is 1. The van der Waals surface area contributed by atoms with Gasteiger partial charge in [0.2, 0.25) is 0 Å². The first-order chi connectivity index (χ1) is 9.28. The Hall–Kier alpha value is -0.630. The monoisotopic (exact) mass is 264 g/mol. The van der Waals surface area contributed by atoms with Gasteiger partial charge in [0, 0.05) is 6.61 Å². The summed E-state index contributed by atoms with van der Waals surface area (Å²) < 4.78 is 6.02. The summed E-state index contributed by atoms with van der Waals surface area (Å²) in [4.78, 5) is 13.0. The quantitative estimate of drug-likeness (QED) is 0.695. The van der Waals surface area contributed by atoms with Crippen LogP contribution in [0.3, 0.4) is 0 Å². The van der Waals surface area contributed by atoms with E-state index in [4.69, 9.17) is 4.74 Å². The standard InChI is InChI=1S/C17H28O2/c1-2-19-17(13-9-5-6-10-14-17)16(18)15-11-7-3-4-8-12-15/h11H,2-10,12-14H2,1H3. The Morgan fingerprint density at radius 1 is 1.11 bits per heavy atom. The molecule has 1 fully saturated rings. The number of Topliss-reactive ketones (excluding diaryl/α,β-unsaturated/α-hetero) is 1. The molecular formula is C17H28O2. The molecule has 0 spiro atoms. The molecule has 2 heteroatoms. The lowest BCUT2D eigenvalue weighted by Gasteiger charge is -2.32. The molecule has 0 aromatic rings. The summed E-state index contributed by atoms with van der Waals surface area (Å²) >= 11 is 0. The highest BCUT2D eigenvalue weighted by molar-refractivity contribution is 6.02. The Morgan fingerprint density at radius 2 is 1.79 bits per heavy atom. The second-order valence-electron chi connectivity index (χ2n) is 6.00. The number of rotatable bonds is 4. The van der Waals surface area contributed by atoms with E-state index in [1.807, 2.05) is 6.92 Å². The molecule has 0 N–H and O–H groups in total. The van der Waals surface area contributed by atoms with Crippen molar-refractivity contribution >= 4 is 5.78 Å². The molecule has 0 aliphatic heterocycles. The van der Waals surface area contributed by atoms with E-state index < -0.39 is 5.60 Å². The molecule has 0 atom stereocenters. The topological polar surface area (TPSA) is 26.3 Å². The van der Waals surface area contributed by atoms with Crippen LogP contribution in [0.25, 0.3) is 0 Å². The van der Waals surface area contributed by atoms with Crippen molar-refractivity contribution in [3.63, 3.8) is 0 Å². The smallest absolute Gasteiger partial charge is 0.190 e. The molecule has 108 valence electrons. The van der Waals surface area contributed by atoms with Gasteiger partial charge in [0.25, 0.3) is 0 Å². The molecule has 0 heterocycles. The Kier molecular flexibility index (Phi) is 5.62. The molecule has 0 unspecified atom stereocenters. The third-order valence-electron chi connectivity index (χ3n) is 4.58. The van der Waals surface area contributed by atoms with Gasteiger partial charge in [-0.1, -0.05) is 38.2 Å². The molecule has 0 aromatic heterocycles. The van der Waals surface area contributed by atoms with Crippen LogP contribution in [-0.2, 0) is 9.53 Å². The van der Waals surface area contributed by atoms with Gasteiger partial charge in [0.05, 0.1) is 0 Å². The first kappa shape index (κ1) is 14.8. The van der Waals surface area contributed by atoms with Gasteiger partial charge in [-0.05, 0) is 51.0 Å². The molecule has 2 rings (SSSR count). The van der Waals surface area contributed by atoms with Gasteiger partial charge >= 0.3 is 0 Å². The lowest BCUT2D eigenvalue weighted by Crippen LogP contribution is -2.42. The number of carbonyl (C=O) groups is 1. The Labute approximate surface area is 117 Å². The summed E-state index contributed by atoms with van der Waals surface area (Å²) in [5.41, 5.74) is 0.578. The lowest BCUT2D eigenvalue weighted by molar-refractivity contribution is -0.142. The van der Waals surface area contributed by atoms with Gasteiger partial charge in [-0.3, -0.25) is 4.79 Å². The van der Waals surface area contributed by atoms with Crippen LogP contribution in [0.4, 0.5) is 0 Å². The van der Waals surface area contributed by atoms with Crippen LogP contribution in [0.15, 0.2) is 11.6 Å².